The molecule has 188 valence electrons. The van der Waals surface area contributed by atoms with Crippen molar-refractivity contribution in [2.24, 2.45) is 5.92 Å². The number of aromatic nitrogens is 6. The number of ether oxygens (including phenoxy) is 1. The first-order valence-corrected chi connectivity index (χ1v) is 11.9. The van der Waals surface area contributed by atoms with E-state index in [2.05, 4.69) is 20.5 Å². The number of carbonyl (C=O) groups excluding carboxylic acids is 1. The van der Waals surface area contributed by atoms with Crippen LogP contribution < -0.4 is 0 Å². The lowest BCUT2D eigenvalue weighted by molar-refractivity contribution is 0.0605. The monoisotopic (exact) mass is 495 g/mol. The maximum Gasteiger partial charge on any atom is 0.410 e. The lowest BCUT2D eigenvalue weighted by atomic mass is 9.82. The molecule has 2 atom stereocenters. The van der Waals surface area contributed by atoms with Crippen LogP contribution in [0.3, 0.4) is 0 Å². The van der Waals surface area contributed by atoms with E-state index in [4.69, 9.17) is 4.74 Å². The Morgan fingerprint density at radius 2 is 2.06 bits per heavy atom. The highest BCUT2D eigenvalue weighted by Gasteiger charge is 2.31. The molecule has 36 heavy (non-hydrogen) atoms. The van der Waals surface area contributed by atoms with Crippen molar-refractivity contribution in [2.75, 3.05) is 13.1 Å². The Bertz CT molecular complexity index is 1390. The molecule has 4 heterocycles. The SMILES string of the molecule is CC(C)OC(=O)N1CCC(c2cnc(Cn3ccc4cc(-n5cnnn5)cc(F)c43)c(F)c2)C(C)C1. The molecule has 1 aromatic carbocycles. The van der Waals surface area contributed by atoms with Crippen LogP contribution in [0.2, 0.25) is 0 Å². The summed E-state index contributed by atoms with van der Waals surface area (Å²) < 4.78 is 38.5. The van der Waals surface area contributed by atoms with Crippen LogP contribution in [0.15, 0.2) is 43.0 Å². The first kappa shape index (κ1) is 23.8. The van der Waals surface area contributed by atoms with Gasteiger partial charge in [0.25, 0.3) is 0 Å². The first-order chi connectivity index (χ1) is 17.3. The van der Waals surface area contributed by atoms with Gasteiger partial charge >= 0.3 is 6.09 Å². The summed E-state index contributed by atoms with van der Waals surface area (Å²) in [7, 11) is 0. The molecule has 9 nitrogen and oxygen atoms in total. The van der Waals surface area contributed by atoms with Crippen LogP contribution in [-0.4, -0.2) is 59.9 Å². The second-order valence-corrected chi connectivity index (χ2v) is 9.51. The van der Waals surface area contributed by atoms with Crippen molar-refractivity contribution in [1.82, 2.24) is 34.7 Å². The highest BCUT2D eigenvalue weighted by atomic mass is 19.1. The molecule has 5 rings (SSSR count). The lowest BCUT2D eigenvalue weighted by Gasteiger charge is -2.36. The number of carbonyl (C=O) groups is 1. The number of rotatable bonds is 5. The topological polar surface area (TPSA) is 91.0 Å². The molecule has 0 saturated carbocycles. The maximum atomic E-state index is 15.1. The van der Waals surface area contributed by atoms with E-state index in [0.29, 0.717) is 36.1 Å². The van der Waals surface area contributed by atoms with Gasteiger partial charge in [-0.25, -0.2) is 18.3 Å². The number of halogens is 2. The smallest absolute Gasteiger partial charge is 0.410 e. The van der Waals surface area contributed by atoms with E-state index < -0.39 is 11.6 Å². The van der Waals surface area contributed by atoms with E-state index in [-0.39, 0.29) is 36.3 Å². The zero-order valence-corrected chi connectivity index (χ0v) is 20.3. The minimum atomic E-state index is -0.461. The highest BCUT2D eigenvalue weighted by Crippen LogP contribution is 2.33. The van der Waals surface area contributed by atoms with Crippen molar-refractivity contribution in [3.05, 3.63) is 65.9 Å². The number of hydrogen-bond acceptors (Lipinski definition) is 6. The zero-order valence-electron chi connectivity index (χ0n) is 20.3. The van der Waals surface area contributed by atoms with Gasteiger partial charge in [0.15, 0.2) is 0 Å². The first-order valence-electron chi connectivity index (χ1n) is 11.9. The van der Waals surface area contributed by atoms with Gasteiger partial charge in [0.1, 0.15) is 18.0 Å². The number of fused-ring (bicyclic) bond motifs is 1. The summed E-state index contributed by atoms with van der Waals surface area (Å²) >= 11 is 0. The van der Waals surface area contributed by atoms with E-state index in [1.807, 2.05) is 20.8 Å². The van der Waals surface area contributed by atoms with Crippen molar-refractivity contribution >= 4 is 17.0 Å². The fraction of sp³-hybridized carbons (Fsp3) is 0.400. The third-order valence-corrected chi connectivity index (χ3v) is 6.60. The largest absolute Gasteiger partial charge is 0.447 e. The Kier molecular flexibility index (Phi) is 6.38. The standard InChI is InChI=1S/C25H27F2N7O2/c1-15(2)36-25(35)33-7-5-20(16(3)12-33)18-9-21(26)23(28-11-18)13-32-6-4-17-8-19(10-22(27)24(17)32)34-14-29-30-31-34/h4,6,8-11,14-16,20H,5,7,12-13H2,1-3H3. The van der Waals surface area contributed by atoms with Crippen molar-refractivity contribution in [3.63, 3.8) is 0 Å². The molecule has 2 unspecified atom stereocenters. The van der Waals surface area contributed by atoms with Gasteiger partial charge in [-0.1, -0.05) is 6.92 Å². The fourth-order valence-electron chi connectivity index (χ4n) is 4.87. The third-order valence-electron chi connectivity index (χ3n) is 6.60. The number of piperidine rings is 1. The summed E-state index contributed by atoms with van der Waals surface area (Å²) in [5, 5.41) is 11.6. The van der Waals surface area contributed by atoms with Crippen molar-refractivity contribution < 1.29 is 18.3 Å². The normalized spacial score (nSPS) is 18.2. The predicted octanol–water partition coefficient (Wildman–Crippen LogP) is 4.31. The van der Waals surface area contributed by atoms with Crippen LogP contribution >= 0.6 is 0 Å². The van der Waals surface area contributed by atoms with E-state index in [0.717, 1.165) is 5.56 Å². The Balaban J connectivity index is 1.32. The average Bonchev–Trinajstić information content (AvgIpc) is 3.51. The Morgan fingerprint density at radius 1 is 1.22 bits per heavy atom. The van der Waals surface area contributed by atoms with Gasteiger partial charge in [-0.05, 0) is 66.3 Å². The van der Waals surface area contributed by atoms with E-state index in [1.54, 1.807) is 34.0 Å². The second-order valence-electron chi connectivity index (χ2n) is 9.51. The number of pyridine rings is 1. The van der Waals surface area contributed by atoms with Crippen molar-refractivity contribution in [3.8, 4) is 5.69 Å². The minimum absolute atomic E-state index is 0.0821. The van der Waals surface area contributed by atoms with Gasteiger partial charge in [0, 0.05) is 36.9 Å². The van der Waals surface area contributed by atoms with Crippen molar-refractivity contribution in [1.29, 1.82) is 0 Å². The molecular weight excluding hydrogens is 468 g/mol. The van der Waals surface area contributed by atoms with Crippen LogP contribution in [0.1, 0.15) is 44.4 Å². The molecule has 1 amide bonds. The number of amides is 1. The number of tetrazole rings is 1. The van der Waals surface area contributed by atoms with Crippen LogP contribution in [-0.2, 0) is 11.3 Å². The number of likely N-dealkylation sites (tertiary alicyclic amines) is 1. The molecule has 0 bridgehead atoms. The summed E-state index contributed by atoms with van der Waals surface area (Å²) in [4.78, 5) is 18.3. The molecule has 0 aliphatic carbocycles. The predicted molar refractivity (Wildman–Crippen MR) is 128 cm³/mol. The van der Waals surface area contributed by atoms with E-state index in [9.17, 15) is 9.18 Å². The third kappa shape index (κ3) is 4.65. The molecule has 3 aromatic heterocycles. The molecule has 0 radical (unpaired) electrons. The fourth-order valence-corrected chi connectivity index (χ4v) is 4.87. The molecule has 11 heteroatoms. The second kappa shape index (κ2) is 9.63. The molecule has 1 saturated heterocycles. The zero-order chi connectivity index (χ0) is 25.4. The quantitative estimate of drug-likeness (QED) is 0.410. The van der Waals surface area contributed by atoms with Gasteiger partial charge in [-0.2, -0.15) is 0 Å². The van der Waals surface area contributed by atoms with Gasteiger partial charge in [-0.3, -0.25) is 4.98 Å². The minimum Gasteiger partial charge on any atom is -0.447 e. The summed E-state index contributed by atoms with van der Waals surface area (Å²) in [6.07, 6.45) is 5.01. The number of hydrogen-bond donors (Lipinski definition) is 0. The summed E-state index contributed by atoms with van der Waals surface area (Å²) in [6.45, 7) is 6.87. The molecule has 1 aliphatic heterocycles. The van der Waals surface area contributed by atoms with Gasteiger partial charge in [0.2, 0.25) is 0 Å². The van der Waals surface area contributed by atoms with Gasteiger partial charge in [-0.15, -0.1) is 5.10 Å². The Labute approximate surface area is 206 Å². The van der Waals surface area contributed by atoms with Gasteiger partial charge < -0.3 is 14.2 Å². The summed E-state index contributed by atoms with van der Waals surface area (Å²) in [5.41, 5.74) is 1.88. The Hall–Kier alpha value is -3.89. The molecule has 0 spiro atoms. The molecule has 1 fully saturated rings. The van der Waals surface area contributed by atoms with Gasteiger partial charge in [0.05, 0.1) is 29.5 Å². The van der Waals surface area contributed by atoms with E-state index in [1.165, 1.54) is 23.1 Å². The van der Waals surface area contributed by atoms with Crippen LogP contribution in [0.4, 0.5) is 13.6 Å². The molecule has 1 aliphatic rings. The summed E-state index contributed by atoms with van der Waals surface area (Å²) in [5.74, 6) is -0.688. The van der Waals surface area contributed by atoms with Crippen molar-refractivity contribution in [2.45, 2.75) is 45.8 Å². The van der Waals surface area contributed by atoms with Crippen LogP contribution in [0, 0.1) is 17.6 Å². The number of benzene rings is 1. The maximum absolute atomic E-state index is 15.1. The molecule has 0 N–H and O–H groups in total. The molecule has 4 aromatic rings. The molecular formula is C25H27F2N7O2. The summed E-state index contributed by atoms with van der Waals surface area (Å²) in [6, 6.07) is 6.39. The average molecular weight is 496 g/mol. The van der Waals surface area contributed by atoms with E-state index >= 15 is 4.39 Å². The number of nitrogens with zero attached hydrogens (tertiary/aromatic N) is 7. The van der Waals surface area contributed by atoms with Crippen LogP contribution in [0.5, 0.6) is 0 Å². The Morgan fingerprint density at radius 3 is 2.75 bits per heavy atom. The van der Waals surface area contributed by atoms with Crippen LogP contribution in [0.25, 0.3) is 16.6 Å². The lowest BCUT2D eigenvalue weighted by Crippen LogP contribution is -2.43. The highest BCUT2D eigenvalue weighted by molar-refractivity contribution is 5.83.